The molecule has 0 aliphatic rings. The van der Waals surface area contributed by atoms with Crippen molar-refractivity contribution in [2.45, 2.75) is 12.7 Å². The average molecular weight is 358 g/mol. The lowest BCUT2D eigenvalue weighted by atomic mass is 10.1. The minimum absolute atomic E-state index is 0.0611. The molecule has 21 heavy (non-hydrogen) atoms. The quantitative estimate of drug-likeness (QED) is 0.786. The fraction of sp³-hybridized carbons (Fsp3) is 0.133. The summed E-state index contributed by atoms with van der Waals surface area (Å²) in [4.78, 5) is 4.06. The predicted octanol–water partition coefficient (Wildman–Crippen LogP) is 4.79. The number of alkyl halides is 3. The lowest BCUT2D eigenvalue weighted by Crippen LogP contribution is -2.05. The molecule has 0 saturated heterocycles. The van der Waals surface area contributed by atoms with E-state index in [0.717, 1.165) is 16.6 Å². The molecule has 0 heterocycles. The third-order valence-corrected chi connectivity index (χ3v) is 3.24. The largest absolute Gasteiger partial charge is 0.507 e. The molecule has 0 amide bonds. The molecule has 2 aromatic carbocycles. The molecule has 0 aromatic heterocycles. The van der Waals surface area contributed by atoms with Crippen LogP contribution in [0.4, 0.5) is 13.2 Å². The summed E-state index contributed by atoms with van der Waals surface area (Å²) in [6.45, 7) is 0.107. The van der Waals surface area contributed by atoms with Gasteiger partial charge in [-0.15, -0.1) is 0 Å². The minimum Gasteiger partial charge on any atom is -0.507 e. The highest BCUT2D eigenvalue weighted by Crippen LogP contribution is 2.29. The van der Waals surface area contributed by atoms with Gasteiger partial charge < -0.3 is 5.11 Å². The molecule has 0 saturated carbocycles. The fourth-order valence-corrected chi connectivity index (χ4v) is 2.10. The summed E-state index contributed by atoms with van der Waals surface area (Å²) in [7, 11) is 0. The van der Waals surface area contributed by atoms with E-state index < -0.39 is 11.7 Å². The maximum absolute atomic E-state index is 12.6. The fourth-order valence-electron chi connectivity index (χ4n) is 1.72. The van der Waals surface area contributed by atoms with E-state index in [-0.39, 0.29) is 12.3 Å². The standard InChI is InChI=1S/C15H11BrF3NO/c16-13-4-5-14(21)11(7-13)9-20-8-10-2-1-3-12(6-10)15(17,18)19/h1-7,9,21H,8H2. The number of aliphatic imine (C=N–C) groups is 1. The number of hydrogen-bond acceptors (Lipinski definition) is 2. The molecule has 0 fully saturated rings. The highest BCUT2D eigenvalue weighted by molar-refractivity contribution is 9.10. The summed E-state index contributed by atoms with van der Waals surface area (Å²) in [6.07, 6.45) is -2.93. The molecule has 0 bridgehead atoms. The number of nitrogens with zero attached hydrogens (tertiary/aromatic N) is 1. The van der Waals surface area contributed by atoms with E-state index in [2.05, 4.69) is 20.9 Å². The van der Waals surface area contributed by atoms with Crippen LogP contribution in [-0.2, 0) is 12.7 Å². The summed E-state index contributed by atoms with van der Waals surface area (Å²) in [5.41, 5.74) is 0.257. The maximum Gasteiger partial charge on any atom is 0.416 e. The van der Waals surface area contributed by atoms with Crippen molar-refractivity contribution in [3.63, 3.8) is 0 Å². The van der Waals surface area contributed by atoms with E-state index in [1.165, 1.54) is 18.3 Å². The first-order valence-electron chi connectivity index (χ1n) is 6.01. The highest BCUT2D eigenvalue weighted by Gasteiger charge is 2.30. The van der Waals surface area contributed by atoms with Crippen LogP contribution < -0.4 is 0 Å². The lowest BCUT2D eigenvalue weighted by molar-refractivity contribution is -0.137. The van der Waals surface area contributed by atoms with Crippen molar-refractivity contribution in [3.8, 4) is 5.75 Å². The van der Waals surface area contributed by atoms with Crippen molar-refractivity contribution in [3.05, 3.63) is 63.6 Å². The van der Waals surface area contributed by atoms with Gasteiger partial charge in [0.25, 0.3) is 0 Å². The lowest BCUT2D eigenvalue weighted by Gasteiger charge is -2.07. The number of aromatic hydroxyl groups is 1. The molecule has 2 rings (SSSR count). The van der Waals surface area contributed by atoms with Crippen LogP contribution >= 0.6 is 15.9 Å². The molecule has 0 atom stereocenters. The van der Waals surface area contributed by atoms with Gasteiger partial charge in [-0.2, -0.15) is 13.2 Å². The van der Waals surface area contributed by atoms with Gasteiger partial charge in [0.05, 0.1) is 12.1 Å². The second-order valence-corrected chi connectivity index (χ2v) is 5.29. The van der Waals surface area contributed by atoms with Gasteiger partial charge in [-0.05, 0) is 35.9 Å². The molecule has 0 aliphatic heterocycles. The van der Waals surface area contributed by atoms with Crippen molar-refractivity contribution in [1.29, 1.82) is 0 Å². The minimum atomic E-state index is -4.36. The molecule has 0 radical (unpaired) electrons. The summed E-state index contributed by atoms with van der Waals surface area (Å²) < 4.78 is 38.5. The van der Waals surface area contributed by atoms with Gasteiger partial charge in [-0.3, -0.25) is 4.99 Å². The Hall–Kier alpha value is -1.82. The van der Waals surface area contributed by atoms with Crippen LogP contribution in [0.25, 0.3) is 0 Å². The van der Waals surface area contributed by atoms with Gasteiger partial charge in [0.15, 0.2) is 0 Å². The smallest absolute Gasteiger partial charge is 0.416 e. The number of phenolic OH excluding ortho intramolecular Hbond substituents is 1. The molecule has 1 N–H and O–H groups in total. The Balaban J connectivity index is 2.13. The van der Waals surface area contributed by atoms with Gasteiger partial charge >= 0.3 is 6.18 Å². The first-order chi connectivity index (χ1) is 9.86. The molecule has 2 aromatic rings. The predicted molar refractivity (Wildman–Crippen MR) is 78.5 cm³/mol. The molecule has 0 aliphatic carbocycles. The van der Waals surface area contributed by atoms with E-state index in [4.69, 9.17) is 0 Å². The Morgan fingerprint density at radius 1 is 1.14 bits per heavy atom. The van der Waals surface area contributed by atoms with Crippen LogP contribution in [0.3, 0.4) is 0 Å². The van der Waals surface area contributed by atoms with E-state index in [9.17, 15) is 18.3 Å². The topological polar surface area (TPSA) is 32.6 Å². The van der Waals surface area contributed by atoms with Crippen LogP contribution in [-0.4, -0.2) is 11.3 Å². The second kappa shape index (κ2) is 6.30. The van der Waals surface area contributed by atoms with Crippen LogP contribution in [0.15, 0.2) is 51.9 Å². The van der Waals surface area contributed by atoms with Crippen molar-refractivity contribution in [2.75, 3.05) is 0 Å². The summed E-state index contributed by atoms with van der Waals surface area (Å²) >= 11 is 3.27. The molecule has 0 unspecified atom stereocenters. The molecular formula is C15H11BrF3NO. The van der Waals surface area contributed by atoms with E-state index in [0.29, 0.717) is 11.1 Å². The van der Waals surface area contributed by atoms with Gasteiger partial charge in [0.1, 0.15) is 5.75 Å². The molecule has 0 spiro atoms. The van der Waals surface area contributed by atoms with Crippen LogP contribution in [0.5, 0.6) is 5.75 Å². The zero-order valence-corrected chi connectivity index (χ0v) is 12.3. The SMILES string of the molecule is Oc1ccc(Br)cc1C=NCc1cccc(C(F)(F)F)c1. The van der Waals surface area contributed by atoms with E-state index in [1.807, 2.05) is 0 Å². The zero-order chi connectivity index (χ0) is 15.5. The first kappa shape index (κ1) is 15.6. The molecule has 110 valence electrons. The second-order valence-electron chi connectivity index (χ2n) is 4.37. The Morgan fingerprint density at radius 2 is 1.90 bits per heavy atom. The summed E-state index contributed by atoms with van der Waals surface area (Å²) in [5.74, 6) is 0.0611. The van der Waals surface area contributed by atoms with Crippen LogP contribution in [0.2, 0.25) is 0 Å². The van der Waals surface area contributed by atoms with Gasteiger partial charge in [-0.1, -0.05) is 28.1 Å². The Labute approximate surface area is 128 Å². The monoisotopic (exact) mass is 357 g/mol. The Bertz CT molecular complexity index is 668. The maximum atomic E-state index is 12.6. The van der Waals surface area contributed by atoms with Crippen molar-refractivity contribution in [1.82, 2.24) is 0 Å². The number of rotatable bonds is 3. The van der Waals surface area contributed by atoms with Crippen molar-refractivity contribution >= 4 is 22.1 Å². The number of hydrogen-bond donors (Lipinski definition) is 1. The number of benzene rings is 2. The van der Waals surface area contributed by atoms with Gasteiger partial charge in [-0.25, -0.2) is 0 Å². The van der Waals surface area contributed by atoms with E-state index in [1.54, 1.807) is 18.2 Å². The number of halogens is 4. The molecular weight excluding hydrogens is 347 g/mol. The summed E-state index contributed by atoms with van der Waals surface area (Å²) in [6, 6.07) is 9.88. The van der Waals surface area contributed by atoms with Gasteiger partial charge in [0, 0.05) is 16.3 Å². The van der Waals surface area contributed by atoms with Crippen molar-refractivity contribution in [2.24, 2.45) is 4.99 Å². The summed E-state index contributed by atoms with van der Waals surface area (Å²) in [5, 5.41) is 9.62. The van der Waals surface area contributed by atoms with Crippen LogP contribution in [0.1, 0.15) is 16.7 Å². The third-order valence-electron chi connectivity index (χ3n) is 2.75. The van der Waals surface area contributed by atoms with E-state index >= 15 is 0 Å². The first-order valence-corrected chi connectivity index (χ1v) is 6.80. The van der Waals surface area contributed by atoms with Gasteiger partial charge in [0.2, 0.25) is 0 Å². The molecule has 6 heteroatoms. The average Bonchev–Trinajstić information content (AvgIpc) is 2.42. The zero-order valence-electron chi connectivity index (χ0n) is 10.7. The third kappa shape index (κ3) is 4.32. The Kier molecular flexibility index (Phi) is 4.67. The van der Waals surface area contributed by atoms with Crippen LogP contribution in [0, 0.1) is 0 Å². The highest BCUT2D eigenvalue weighted by atomic mass is 79.9. The van der Waals surface area contributed by atoms with Crippen molar-refractivity contribution < 1.29 is 18.3 Å². The number of phenols is 1. The normalized spacial score (nSPS) is 12.0. The Morgan fingerprint density at radius 3 is 2.62 bits per heavy atom. The molecule has 2 nitrogen and oxygen atoms in total.